The molecule has 1 N–H and O–H groups in total. The molecule has 0 aliphatic heterocycles. The molecule has 0 bridgehead atoms. The third-order valence-electron chi connectivity index (χ3n) is 3.06. The molecule has 1 aromatic heterocycles. The summed E-state index contributed by atoms with van der Waals surface area (Å²) in [6, 6.07) is 3.06. The molecule has 0 radical (unpaired) electrons. The van der Waals surface area contributed by atoms with Crippen molar-refractivity contribution in [1.29, 1.82) is 0 Å². The molecule has 0 unspecified atom stereocenters. The van der Waals surface area contributed by atoms with Gasteiger partial charge in [0.2, 0.25) is 5.91 Å². The Morgan fingerprint density at radius 2 is 1.86 bits per heavy atom. The summed E-state index contributed by atoms with van der Waals surface area (Å²) < 4.78 is 22.3. The second-order valence-corrected chi connectivity index (χ2v) is 8.91. The van der Waals surface area contributed by atoms with E-state index in [1.54, 1.807) is 6.07 Å². The fraction of sp³-hybridized carbons (Fsp3) is 0.643. The predicted octanol–water partition coefficient (Wildman–Crippen LogP) is 3.69. The topological polar surface area (TPSA) is 63.2 Å². The van der Waals surface area contributed by atoms with E-state index in [-0.39, 0.29) is 16.5 Å². The Kier molecular flexibility index (Phi) is 8.29. The minimum absolute atomic E-state index is 0.0797. The van der Waals surface area contributed by atoms with Gasteiger partial charge in [-0.2, -0.15) is 0 Å². The highest BCUT2D eigenvalue weighted by atomic mass is 35.7. The molecule has 21 heavy (non-hydrogen) atoms. The number of carbonyl (C=O) groups is 1. The summed E-state index contributed by atoms with van der Waals surface area (Å²) >= 11 is 1.04. The van der Waals surface area contributed by atoms with E-state index in [1.807, 2.05) is 0 Å². The van der Waals surface area contributed by atoms with E-state index < -0.39 is 9.05 Å². The first-order valence-corrected chi connectivity index (χ1v) is 10.4. The third kappa shape index (κ3) is 7.83. The summed E-state index contributed by atoms with van der Waals surface area (Å²) in [6.07, 6.45) is 7.30. The van der Waals surface area contributed by atoms with Crippen molar-refractivity contribution in [2.75, 3.05) is 6.54 Å². The lowest BCUT2D eigenvalue weighted by molar-refractivity contribution is -0.120. The van der Waals surface area contributed by atoms with Crippen LogP contribution in [-0.2, 0) is 20.3 Å². The van der Waals surface area contributed by atoms with Crippen molar-refractivity contribution in [3.05, 3.63) is 17.0 Å². The van der Waals surface area contributed by atoms with Crippen LogP contribution in [0.15, 0.2) is 16.3 Å². The van der Waals surface area contributed by atoms with E-state index in [0.29, 0.717) is 11.4 Å². The molecule has 0 aromatic carbocycles. The Morgan fingerprint density at radius 3 is 2.48 bits per heavy atom. The van der Waals surface area contributed by atoms with Crippen molar-refractivity contribution < 1.29 is 13.2 Å². The lowest BCUT2D eigenvalue weighted by Gasteiger charge is -2.04. The van der Waals surface area contributed by atoms with Gasteiger partial charge in [-0.3, -0.25) is 4.79 Å². The van der Waals surface area contributed by atoms with E-state index >= 15 is 0 Å². The van der Waals surface area contributed by atoms with Crippen molar-refractivity contribution in [2.24, 2.45) is 0 Å². The zero-order chi connectivity index (χ0) is 15.7. The molecular formula is C14H22ClNO3S2. The molecule has 0 saturated heterocycles. The fourth-order valence-electron chi connectivity index (χ4n) is 1.94. The Hall–Kier alpha value is -0.590. The number of carbonyl (C=O) groups excluding carboxylic acids is 1. The smallest absolute Gasteiger partial charge is 0.270 e. The predicted molar refractivity (Wildman–Crippen MR) is 87.4 cm³/mol. The van der Waals surface area contributed by atoms with Gasteiger partial charge in [-0.1, -0.05) is 39.0 Å². The van der Waals surface area contributed by atoms with Crippen molar-refractivity contribution in [3.8, 4) is 0 Å². The SMILES string of the molecule is CCCCCCCCNC(=O)Cc1ccc(S(=O)(=O)Cl)s1. The largest absolute Gasteiger partial charge is 0.356 e. The molecule has 0 aliphatic carbocycles. The summed E-state index contributed by atoms with van der Waals surface area (Å²) in [7, 11) is 1.55. The Bertz CT molecular complexity index is 540. The summed E-state index contributed by atoms with van der Waals surface area (Å²) in [5, 5.41) is 2.86. The highest BCUT2D eigenvalue weighted by molar-refractivity contribution is 8.15. The normalized spacial score (nSPS) is 11.5. The molecule has 0 atom stereocenters. The second-order valence-electron chi connectivity index (χ2n) is 4.95. The molecule has 120 valence electrons. The Balaban J connectivity index is 2.21. The molecule has 7 heteroatoms. The molecule has 0 spiro atoms. The van der Waals surface area contributed by atoms with Crippen LogP contribution in [0.4, 0.5) is 0 Å². The Morgan fingerprint density at radius 1 is 1.19 bits per heavy atom. The van der Waals surface area contributed by atoms with Gasteiger partial charge in [0.25, 0.3) is 9.05 Å². The molecule has 4 nitrogen and oxygen atoms in total. The number of hydrogen-bond donors (Lipinski definition) is 1. The second kappa shape index (κ2) is 9.43. The van der Waals surface area contributed by atoms with E-state index in [2.05, 4.69) is 12.2 Å². The number of rotatable bonds is 10. The first-order valence-electron chi connectivity index (χ1n) is 7.23. The maximum absolute atomic E-state index is 11.7. The summed E-state index contributed by atoms with van der Waals surface area (Å²) in [5.74, 6) is -0.0797. The van der Waals surface area contributed by atoms with Crippen LogP contribution in [0.1, 0.15) is 50.3 Å². The van der Waals surface area contributed by atoms with Gasteiger partial charge in [0.1, 0.15) is 4.21 Å². The monoisotopic (exact) mass is 351 g/mol. The first kappa shape index (κ1) is 18.5. The van der Waals surface area contributed by atoms with E-state index in [9.17, 15) is 13.2 Å². The van der Waals surface area contributed by atoms with Crippen LogP contribution in [0.5, 0.6) is 0 Å². The van der Waals surface area contributed by atoms with Gasteiger partial charge in [-0.05, 0) is 18.6 Å². The minimum Gasteiger partial charge on any atom is -0.356 e. The lowest BCUT2D eigenvalue weighted by Crippen LogP contribution is -2.25. The molecule has 0 saturated carbocycles. The number of unbranched alkanes of at least 4 members (excludes halogenated alkanes) is 5. The number of halogens is 1. The van der Waals surface area contributed by atoms with Gasteiger partial charge in [-0.25, -0.2) is 8.42 Å². The molecule has 0 aliphatic rings. The highest BCUT2D eigenvalue weighted by Gasteiger charge is 2.14. The summed E-state index contributed by atoms with van der Waals surface area (Å²) in [6.45, 7) is 2.86. The van der Waals surface area contributed by atoms with Gasteiger partial charge in [-0.15, -0.1) is 11.3 Å². The zero-order valence-electron chi connectivity index (χ0n) is 12.2. The van der Waals surface area contributed by atoms with Gasteiger partial charge in [0, 0.05) is 22.1 Å². The van der Waals surface area contributed by atoms with Gasteiger partial charge < -0.3 is 5.32 Å². The van der Waals surface area contributed by atoms with Crippen molar-refractivity contribution in [1.82, 2.24) is 5.32 Å². The maximum atomic E-state index is 11.7. The van der Waals surface area contributed by atoms with E-state index in [0.717, 1.165) is 24.2 Å². The molecule has 1 aromatic rings. The number of thiophene rings is 1. The lowest BCUT2D eigenvalue weighted by atomic mass is 10.1. The van der Waals surface area contributed by atoms with E-state index in [1.165, 1.54) is 31.7 Å². The van der Waals surface area contributed by atoms with Crippen LogP contribution in [0, 0.1) is 0 Å². The fourth-order valence-corrected chi connectivity index (χ4v) is 4.06. The molecule has 0 fully saturated rings. The van der Waals surface area contributed by atoms with Crippen LogP contribution in [0.3, 0.4) is 0 Å². The van der Waals surface area contributed by atoms with Crippen LogP contribution in [0.2, 0.25) is 0 Å². The van der Waals surface area contributed by atoms with Gasteiger partial charge >= 0.3 is 0 Å². The summed E-state index contributed by atoms with van der Waals surface area (Å²) in [5.41, 5.74) is 0. The summed E-state index contributed by atoms with van der Waals surface area (Å²) in [4.78, 5) is 12.4. The van der Waals surface area contributed by atoms with Crippen LogP contribution >= 0.6 is 22.0 Å². The molecule has 1 amide bonds. The molecule has 1 rings (SSSR count). The van der Waals surface area contributed by atoms with Crippen molar-refractivity contribution in [2.45, 2.75) is 56.1 Å². The van der Waals surface area contributed by atoms with Crippen LogP contribution < -0.4 is 5.32 Å². The number of amides is 1. The Labute approximate surface area is 135 Å². The van der Waals surface area contributed by atoms with Crippen molar-refractivity contribution >= 4 is 37.0 Å². The zero-order valence-corrected chi connectivity index (χ0v) is 14.6. The quantitative estimate of drug-likeness (QED) is 0.516. The van der Waals surface area contributed by atoms with Crippen molar-refractivity contribution in [3.63, 3.8) is 0 Å². The highest BCUT2D eigenvalue weighted by Crippen LogP contribution is 2.24. The standard InChI is InChI=1S/C14H22ClNO3S2/c1-2-3-4-5-6-7-10-16-13(17)11-12-8-9-14(20-12)21(15,18)19/h8-9H,2-7,10-11H2,1H3,(H,16,17). The maximum Gasteiger partial charge on any atom is 0.270 e. The van der Waals surface area contributed by atoms with Crippen LogP contribution in [0.25, 0.3) is 0 Å². The van der Waals surface area contributed by atoms with Gasteiger partial charge in [0.15, 0.2) is 0 Å². The average Bonchev–Trinajstić information content (AvgIpc) is 2.86. The first-order chi connectivity index (χ1) is 9.93. The van der Waals surface area contributed by atoms with Gasteiger partial charge in [0.05, 0.1) is 6.42 Å². The minimum atomic E-state index is -3.69. The molecule has 1 heterocycles. The van der Waals surface area contributed by atoms with Crippen LogP contribution in [-0.4, -0.2) is 20.9 Å². The average molecular weight is 352 g/mol. The molecular weight excluding hydrogens is 330 g/mol. The number of hydrogen-bond acceptors (Lipinski definition) is 4. The number of nitrogens with one attached hydrogen (secondary N) is 1. The third-order valence-corrected chi connectivity index (χ3v) is 6.24. The van der Waals surface area contributed by atoms with E-state index in [4.69, 9.17) is 10.7 Å².